The van der Waals surface area contributed by atoms with E-state index in [2.05, 4.69) is 4.72 Å². The summed E-state index contributed by atoms with van der Waals surface area (Å²) in [6.45, 7) is 0.543. The molecule has 1 aliphatic carbocycles. The smallest absolute Gasteiger partial charge is 0.215 e. The number of benzene rings is 1. The summed E-state index contributed by atoms with van der Waals surface area (Å²) in [6.07, 6.45) is 4.70. The van der Waals surface area contributed by atoms with Crippen LogP contribution in [0.5, 0.6) is 0 Å². The van der Waals surface area contributed by atoms with Crippen LogP contribution in [0.25, 0.3) is 0 Å². The Kier molecular flexibility index (Phi) is 4.24. The Hall–Kier alpha value is -1.07. The summed E-state index contributed by atoms with van der Waals surface area (Å²) in [5, 5.41) is 0. The molecule has 1 aromatic rings. The Bertz CT molecular complexity index is 495. The van der Waals surface area contributed by atoms with Crippen molar-refractivity contribution in [3.8, 4) is 0 Å². The molecule has 0 bridgehead atoms. The van der Waals surface area contributed by atoms with Gasteiger partial charge in [0.15, 0.2) is 0 Å². The largest absolute Gasteiger partial charge is 0.399 e. The summed E-state index contributed by atoms with van der Waals surface area (Å²) >= 11 is 0. The summed E-state index contributed by atoms with van der Waals surface area (Å²) in [5.74, 6) is 0.852. The molecule has 100 valence electrons. The molecule has 5 heteroatoms. The molecule has 1 fully saturated rings. The molecule has 18 heavy (non-hydrogen) atoms. The zero-order chi connectivity index (χ0) is 13.0. The van der Waals surface area contributed by atoms with E-state index in [-0.39, 0.29) is 5.75 Å². The highest BCUT2D eigenvalue weighted by Gasteiger charge is 2.20. The maximum atomic E-state index is 11.8. The first-order chi connectivity index (χ1) is 8.55. The maximum Gasteiger partial charge on any atom is 0.215 e. The maximum absolute atomic E-state index is 11.8. The normalized spacial score (nSPS) is 15.8. The van der Waals surface area contributed by atoms with Crippen LogP contribution in [0.15, 0.2) is 24.3 Å². The first-order valence-electron chi connectivity index (χ1n) is 6.37. The molecule has 1 aliphatic rings. The van der Waals surface area contributed by atoms with Gasteiger partial charge < -0.3 is 5.73 Å². The summed E-state index contributed by atoms with van der Waals surface area (Å²) < 4.78 is 26.3. The minimum atomic E-state index is -3.23. The van der Waals surface area contributed by atoms with Crippen LogP contribution in [-0.2, 0) is 15.8 Å². The minimum Gasteiger partial charge on any atom is -0.399 e. The SMILES string of the molecule is Nc1cccc(CS(=O)(=O)NCCCC2CC2)c1. The lowest BCUT2D eigenvalue weighted by Gasteiger charge is -2.07. The molecule has 0 aromatic heterocycles. The van der Waals surface area contributed by atoms with Crippen molar-refractivity contribution in [2.45, 2.75) is 31.4 Å². The van der Waals surface area contributed by atoms with Crippen molar-refractivity contribution in [1.29, 1.82) is 0 Å². The molecule has 0 radical (unpaired) electrons. The van der Waals surface area contributed by atoms with Gasteiger partial charge in [0.05, 0.1) is 5.75 Å². The molecule has 3 N–H and O–H groups in total. The van der Waals surface area contributed by atoms with Crippen LogP contribution in [0.1, 0.15) is 31.2 Å². The second kappa shape index (κ2) is 5.71. The average Bonchev–Trinajstić information content (AvgIpc) is 3.07. The lowest BCUT2D eigenvalue weighted by Crippen LogP contribution is -2.26. The number of nitrogens with two attached hydrogens (primary N) is 1. The summed E-state index contributed by atoms with van der Waals surface area (Å²) in [7, 11) is -3.23. The molecule has 2 rings (SSSR count). The number of hydrogen-bond donors (Lipinski definition) is 2. The predicted octanol–water partition coefficient (Wildman–Crippen LogP) is 1.88. The number of sulfonamides is 1. The van der Waals surface area contributed by atoms with Crippen molar-refractivity contribution in [1.82, 2.24) is 4.72 Å². The number of anilines is 1. The summed E-state index contributed by atoms with van der Waals surface area (Å²) in [4.78, 5) is 0. The monoisotopic (exact) mass is 268 g/mol. The van der Waals surface area contributed by atoms with Gasteiger partial charge >= 0.3 is 0 Å². The Morgan fingerprint density at radius 3 is 2.78 bits per heavy atom. The van der Waals surface area contributed by atoms with E-state index >= 15 is 0 Å². The number of rotatable bonds is 7. The minimum absolute atomic E-state index is 0.00146. The number of nitrogen functional groups attached to an aromatic ring is 1. The van der Waals surface area contributed by atoms with Gasteiger partial charge in [-0.3, -0.25) is 0 Å². The third-order valence-electron chi connectivity index (χ3n) is 3.12. The van der Waals surface area contributed by atoms with Crippen molar-refractivity contribution < 1.29 is 8.42 Å². The molecule has 0 atom stereocenters. The summed E-state index contributed by atoms with van der Waals surface area (Å²) in [6, 6.07) is 7.00. The van der Waals surface area contributed by atoms with E-state index in [1.54, 1.807) is 24.3 Å². The van der Waals surface area contributed by atoms with Crippen molar-refractivity contribution in [2.75, 3.05) is 12.3 Å². The van der Waals surface area contributed by atoms with Crippen molar-refractivity contribution in [3.05, 3.63) is 29.8 Å². The van der Waals surface area contributed by atoms with E-state index in [1.165, 1.54) is 12.8 Å². The van der Waals surface area contributed by atoms with Crippen LogP contribution in [-0.4, -0.2) is 15.0 Å². The number of hydrogen-bond acceptors (Lipinski definition) is 3. The Labute approximate surface area is 109 Å². The van der Waals surface area contributed by atoms with Gasteiger partial charge in [-0.25, -0.2) is 13.1 Å². The molecule has 0 unspecified atom stereocenters. The highest BCUT2D eigenvalue weighted by molar-refractivity contribution is 7.88. The fourth-order valence-corrected chi connectivity index (χ4v) is 3.15. The van der Waals surface area contributed by atoms with Crippen LogP contribution in [0, 0.1) is 5.92 Å². The molecule has 0 spiro atoms. The van der Waals surface area contributed by atoms with Crippen molar-refractivity contribution >= 4 is 15.7 Å². The zero-order valence-electron chi connectivity index (χ0n) is 10.4. The van der Waals surface area contributed by atoms with Gasteiger partial charge in [-0.15, -0.1) is 0 Å². The fraction of sp³-hybridized carbons (Fsp3) is 0.538. The third-order valence-corrected chi connectivity index (χ3v) is 4.47. The standard InChI is InChI=1S/C13H20N2O2S/c14-13-5-1-3-12(9-13)10-18(16,17)15-8-2-4-11-6-7-11/h1,3,5,9,11,15H,2,4,6-8,10,14H2. The van der Waals surface area contributed by atoms with Crippen LogP contribution < -0.4 is 10.5 Å². The topological polar surface area (TPSA) is 72.2 Å². The van der Waals surface area contributed by atoms with Gasteiger partial charge in [0.1, 0.15) is 0 Å². The van der Waals surface area contributed by atoms with Gasteiger partial charge in [-0.1, -0.05) is 25.0 Å². The van der Waals surface area contributed by atoms with E-state index in [4.69, 9.17) is 5.73 Å². The highest BCUT2D eigenvalue weighted by Crippen LogP contribution is 2.33. The Morgan fingerprint density at radius 1 is 1.33 bits per heavy atom. The van der Waals surface area contributed by atoms with Crippen LogP contribution >= 0.6 is 0 Å². The molecule has 0 saturated heterocycles. The third kappa shape index (κ3) is 4.66. The van der Waals surface area contributed by atoms with E-state index in [0.29, 0.717) is 12.2 Å². The first kappa shape index (κ1) is 13.4. The van der Waals surface area contributed by atoms with E-state index in [1.807, 2.05) is 0 Å². The molecule has 0 amide bonds. The van der Waals surface area contributed by atoms with E-state index < -0.39 is 10.0 Å². The molecular formula is C13H20N2O2S. The van der Waals surface area contributed by atoms with Crippen LogP contribution in [0.3, 0.4) is 0 Å². The van der Waals surface area contributed by atoms with Crippen molar-refractivity contribution in [3.63, 3.8) is 0 Å². The number of nitrogens with one attached hydrogen (secondary N) is 1. The first-order valence-corrected chi connectivity index (χ1v) is 8.02. The predicted molar refractivity (Wildman–Crippen MR) is 73.4 cm³/mol. The second-order valence-electron chi connectivity index (χ2n) is 4.98. The molecule has 0 aliphatic heterocycles. The van der Waals surface area contributed by atoms with Gasteiger partial charge in [0.2, 0.25) is 10.0 Å². The summed E-state index contributed by atoms with van der Waals surface area (Å²) in [5.41, 5.74) is 6.94. The lowest BCUT2D eigenvalue weighted by atomic mass is 10.2. The van der Waals surface area contributed by atoms with Gasteiger partial charge in [0, 0.05) is 12.2 Å². The van der Waals surface area contributed by atoms with Crippen molar-refractivity contribution in [2.24, 2.45) is 5.92 Å². The Morgan fingerprint density at radius 2 is 2.11 bits per heavy atom. The van der Waals surface area contributed by atoms with E-state index in [0.717, 1.165) is 24.3 Å². The molecule has 0 heterocycles. The molecular weight excluding hydrogens is 248 g/mol. The molecule has 1 saturated carbocycles. The Balaban J connectivity index is 1.78. The van der Waals surface area contributed by atoms with Gasteiger partial charge in [-0.05, 0) is 36.5 Å². The fourth-order valence-electron chi connectivity index (χ4n) is 1.98. The van der Waals surface area contributed by atoms with Gasteiger partial charge in [0.25, 0.3) is 0 Å². The molecule has 4 nitrogen and oxygen atoms in total. The zero-order valence-corrected chi connectivity index (χ0v) is 11.2. The highest BCUT2D eigenvalue weighted by atomic mass is 32.2. The molecule has 1 aromatic carbocycles. The van der Waals surface area contributed by atoms with E-state index in [9.17, 15) is 8.42 Å². The van der Waals surface area contributed by atoms with Crippen LogP contribution in [0.4, 0.5) is 5.69 Å². The lowest BCUT2D eigenvalue weighted by molar-refractivity contribution is 0.572. The average molecular weight is 268 g/mol. The quantitative estimate of drug-likeness (QED) is 0.586. The van der Waals surface area contributed by atoms with Crippen LogP contribution in [0.2, 0.25) is 0 Å². The van der Waals surface area contributed by atoms with Gasteiger partial charge in [-0.2, -0.15) is 0 Å². The second-order valence-corrected chi connectivity index (χ2v) is 6.79.